The molecular weight excluding hydrogens is 252 g/mol. The molecule has 1 N–H and O–H groups in total. The molecule has 0 radical (unpaired) electrons. The summed E-state index contributed by atoms with van der Waals surface area (Å²) < 4.78 is 28.6. The van der Waals surface area contributed by atoms with Gasteiger partial charge < -0.3 is 9.84 Å². The number of rotatable bonds is 8. The molecule has 5 heteroatoms. The highest BCUT2D eigenvalue weighted by Gasteiger charge is 2.40. The predicted molar refractivity (Wildman–Crippen MR) is 72.4 cm³/mol. The summed E-state index contributed by atoms with van der Waals surface area (Å²) in [4.78, 5) is 0. The lowest BCUT2D eigenvalue weighted by atomic mass is 9.91. The molecule has 1 rings (SSSR count). The summed E-state index contributed by atoms with van der Waals surface area (Å²) in [5.41, 5.74) is -0.412. The van der Waals surface area contributed by atoms with E-state index in [4.69, 9.17) is 4.74 Å². The Kier molecular flexibility index (Phi) is 6.08. The van der Waals surface area contributed by atoms with Gasteiger partial charge in [0, 0.05) is 12.4 Å². The van der Waals surface area contributed by atoms with Crippen LogP contribution >= 0.6 is 0 Å². The Morgan fingerprint density at radius 2 is 1.89 bits per heavy atom. The maximum absolute atomic E-state index is 11.4. The normalized spacial score (nSPS) is 21.1. The minimum Gasteiger partial charge on any atom is -0.390 e. The van der Waals surface area contributed by atoms with Crippen molar-refractivity contribution in [2.75, 3.05) is 18.1 Å². The van der Waals surface area contributed by atoms with Gasteiger partial charge in [-0.05, 0) is 32.6 Å². The largest absolute Gasteiger partial charge is 0.390 e. The number of sulfone groups is 1. The second-order valence-electron chi connectivity index (χ2n) is 5.10. The second kappa shape index (κ2) is 6.87. The molecule has 1 aliphatic rings. The molecule has 0 heterocycles. The Hall–Kier alpha value is -0.130. The zero-order valence-corrected chi connectivity index (χ0v) is 12.3. The van der Waals surface area contributed by atoms with Gasteiger partial charge in [-0.1, -0.05) is 19.8 Å². The van der Waals surface area contributed by atoms with E-state index in [2.05, 4.69) is 0 Å². The van der Waals surface area contributed by atoms with Crippen molar-refractivity contribution in [1.29, 1.82) is 0 Å². The Morgan fingerprint density at radius 3 is 2.39 bits per heavy atom. The van der Waals surface area contributed by atoms with E-state index < -0.39 is 21.5 Å². The van der Waals surface area contributed by atoms with Crippen molar-refractivity contribution in [3.63, 3.8) is 0 Å². The highest BCUT2D eigenvalue weighted by atomic mass is 32.2. The monoisotopic (exact) mass is 278 g/mol. The molecule has 1 fully saturated rings. The maximum atomic E-state index is 11.4. The molecule has 1 atom stereocenters. The van der Waals surface area contributed by atoms with Gasteiger partial charge in [-0.2, -0.15) is 0 Å². The van der Waals surface area contributed by atoms with Gasteiger partial charge >= 0.3 is 0 Å². The van der Waals surface area contributed by atoms with Crippen LogP contribution in [0.15, 0.2) is 0 Å². The minimum atomic E-state index is -2.92. The lowest BCUT2D eigenvalue weighted by molar-refractivity contribution is -0.118. The molecule has 0 aliphatic heterocycles. The Morgan fingerprint density at radius 1 is 1.28 bits per heavy atom. The third-order valence-corrected chi connectivity index (χ3v) is 5.65. The van der Waals surface area contributed by atoms with Gasteiger partial charge in [-0.25, -0.2) is 8.42 Å². The Balaban J connectivity index is 2.45. The van der Waals surface area contributed by atoms with E-state index in [1.165, 1.54) is 0 Å². The SMILES string of the molecule is CCOC1(C(O)CCCS(=O)(=O)CC)CCCC1. The van der Waals surface area contributed by atoms with E-state index in [1.807, 2.05) is 6.92 Å². The molecule has 4 nitrogen and oxygen atoms in total. The summed E-state index contributed by atoms with van der Waals surface area (Å²) in [5, 5.41) is 10.3. The van der Waals surface area contributed by atoms with Gasteiger partial charge in [0.05, 0.1) is 17.5 Å². The van der Waals surface area contributed by atoms with Crippen molar-refractivity contribution >= 4 is 9.84 Å². The summed E-state index contributed by atoms with van der Waals surface area (Å²) in [6, 6.07) is 0. The molecule has 0 spiro atoms. The second-order valence-corrected chi connectivity index (χ2v) is 7.57. The minimum absolute atomic E-state index is 0.169. The van der Waals surface area contributed by atoms with Gasteiger partial charge in [0.15, 0.2) is 0 Å². The first-order chi connectivity index (χ1) is 8.46. The van der Waals surface area contributed by atoms with Gasteiger partial charge in [-0.3, -0.25) is 0 Å². The molecule has 0 saturated heterocycles. The molecule has 0 aromatic heterocycles. The Labute approximate surface area is 111 Å². The average Bonchev–Trinajstić information content (AvgIpc) is 2.79. The van der Waals surface area contributed by atoms with Crippen LogP contribution in [0.3, 0.4) is 0 Å². The van der Waals surface area contributed by atoms with Crippen LogP contribution in [-0.2, 0) is 14.6 Å². The van der Waals surface area contributed by atoms with Crippen molar-refractivity contribution in [2.24, 2.45) is 0 Å². The zero-order valence-electron chi connectivity index (χ0n) is 11.5. The number of aliphatic hydroxyl groups is 1. The fourth-order valence-electron chi connectivity index (χ4n) is 2.74. The molecule has 1 saturated carbocycles. The van der Waals surface area contributed by atoms with E-state index in [-0.39, 0.29) is 11.5 Å². The number of ether oxygens (including phenoxy) is 1. The van der Waals surface area contributed by atoms with E-state index in [9.17, 15) is 13.5 Å². The van der Waals surface area contributed by atoms with Crippen LogP contribution in [0.5, 0.6) is 0 Å². The first kappa shape index (κ1) is 15.9. The molecule has 0 bridgehead atoms. The lowest BCUT2D eigenvalue weighted by Crippen LogP contribution is -2.42. The van der Waals surface area contributed by atoms with Gasteiger partial charge in [-0.15, -0.1) is 0 Å². The van der Waals surface area contributed by atoms with Gasteiger partial charge in [0.2, 0.25) is 0 Å². The first-order valence-corrected chi connectivity index (χ1v) is 8.80. The molecular formula is C13H26O4S. The highest BCUT2D eigenvalue weighted by molar-refractivity contribution is 7.91. The molecule has 0 aromatic rings. The number of aliphatic hydroxyl groups excluding tert-OH is 1. The zero-order chi connectivity index (χ0) is 13.6. The summed E-state index contributed by atoms with van der Waals surface area (Å²) in [6.45, 7) is 4.20. The van der Waals surface area contributed by atoms with E-state index in [0.717, 1.165) is 25.7 Å². The average molecular weight is 278 g/mol. The molecule has 0 amide bonds. The third-order valence-electron chi connectivity index (χ3n) is 3.86. The van der Waals surface area contributed by atoms with E-state index in [0.29, 0.717) is 19.4 Å². The van der Waals surface area contributed by atoms with Crippen LogP contribution in [0.1, 0.15) is 52.4 Å². The summed E-state index contributed by atoms with van der Waals surface area (Å²) in [5.74, 6) is 0.350. The summed E-state index contributed by atoms with van der Waals surface area (Å²) in [7, 11) is -2.92. The van der Waals surface area contributed by atoms with Crippen LogP contribution in [0.4, 0.5) is 0 Å². The van der Waals surface area contributed by atoms with Gasteiger partial charge in [0.25, 0.3) is 0 Å². The maximum Gasteiger partial charge on any atom is 0.150 e. The van der Waals surface area contributed by atoms with Crippen molar-refractivity contribution in [2.45, 2.75) is 64.1 Å². The standard InChI is InChI=1S/C13H26O4S/c1-3-17-13(9-5-6-10-13)12(14)8-7-11-18(15,16)4-2/h12,14H,3-11H2,1-2H3. The van der Waals surface area contributed by atoms with E-state index in [1.54, 1.807) is 6.92 Å². The molecule has 1 unspecified atom stereocenters. The first-order valence-electron chi connectivity index (χ1n) is 6.98. The quantitative estimate of drug-likeness (QED) is 0.736. The molecule has 0 aromatic carbocycles. The Bertz CT molecular complexity index is 331. The molecule has 1 aliphatic carbocycles. The topological polar surface area (TPSA) is 63.6 Å². The van der Waals surface area contributed by atoms with Crippen molar-refractivity contribution in [3.05, 3.63) is 0 Å². The summed E-state index contributed by atoms with van der Waals surface area (Å²) >= 11 is 0. The van der Waals surface area contributed by atoms with E-state index >= 15 is 0 Å². The van der Waals surface area contributed by atoms with Crippen LogP contribution in [-0.4, -0.2) is 43.3 Å². The van der Waals surface area contributed by atoms with Crippen LogP contribution in [0.2, 0.25) is 0 Å². The smallest absolute Gasteiger partial charge is 0.150 e. The molecule has 108 valence electrons. The van der Waals surface area contributed by atoms with Crippen LogP contribution < -0.4 is 0 Å². The van der Waals surface area contributed by atoms with Crippen LogP contribution in [0.25, 0.3) is 0 Å². The van der Waals surface area contributed by atoms with Crippen molar-refractivity contribution < 1.29 is 18.3 Å². The highest BCUT2D eigenvalue weighted by Crippen LogP contribution is 2.37. The number of hydrogen-bond acceptors (Lipinski definition) is 4. The summed E-state index contributed by atoms with van der Waals surface area (Å²) in [6.07, 6.45) is 4.46. The third kappa shape index (κ3) is 4.21. The predicted octanol–water partition coefficient (Wildman–Crippen LogP) is 1.91. The fourth-order valence-corrected chi connectivity index (χ4v) is 3.63. The molecule has 18 heavy (non-hydrogen) atoms. The fraction of sp³-hybridized carbons (Fsp3) is 1.00. The van der Waals surface area contributed by atoms with Crippen molar-refractivity contribution in [3.8, 4) is 0 Å². The lowest BCUT2D eigenvalue weighted by Gasteiger charge is -2.34. The number of hydrogen-bond donors (Lipinski definition) is 1. The van der Waals surface area contributed by atoms with Gasteiger partial charge in [0.1, 0.15) is 9.84 Å². The van der Waals surface area contributed by atoms with Crippen LogP contribution in [0, 0.1) is 0 Å². The van der Waals surface area contributed by atoms with Crippen molar-refractivity contribution in [1.82, 2.24) is 0 Å².